The van der Waals surface area contributed by atoms with E-state index in [0.29, 0.717) is 22.8 Å². The van der Waals surface area contributed by atoms with Gasteiger partial charge in [-0.15, -0.1) is 0 Å². The number of carbonyl (C=O) groups excluding carboxylic acids is 2. The van der Waals surface area contributed by atoms with Gasteiger partial charge in [-0.25, -0.2) is 4.79 Å². The van der Waals surface area contributed by atoms with Crippen molar-refractivity contribution in [3.05, 3.63) is 53.6 Å². The van der Waals surface area contributed by atoms with Crippen molar-refractivity contribution in [1.82, 2.24) is 5.32 Å². The Bertz CT molecular complexity index is 935. The van der Waals surface area contributed by atoms with Crippen molar-refractivity contribution >= 4 is 11.9 Å². The van der Waals surface area contributed by atoms with E-state index in [-0.39, 0.29) is 13.3 Å². The van der Waals surface area contributed by atoms with E-state index < -0.39 is 24.1 Å². The Kier molecular flexibility index (Phi) is 6.19. The molecule has 0 bridgehead atoms. The molecule has 3 rings (SSSR count). The molecule has 0 aromatic heterocycles. The topological polar surface area (TPSA) is 107 Å². The molecular weight excluding hydrogens is 376 g/mol. The zero-order valence-corrected chi connectivity index (χ0v) is 16.0. The van der Waals surface area contributed by atoms with Gasteiger partial charge < -0.3 is 24.3 Å². The quantitative estimate of drug-likeness (QED) is 0.716. The molecule has 2 aromatic carbocycles. The number of ether oxygens (including phenoxy) is 4. The van der Waals surface area contributed by atoms with Gasteiger partial charge in [0.15, 0.2) is 23.7 Å². The lowest BCUT2D eigenvalue weighted by Crippen LogP contribution is -2.38. The number of fused-ring (bicyclic) bond motifs is 1. The largest absolute Gasteiger partial charge is 0.479 e. The lowest BCUT2D eigenvalue weighted by Gasteiger charge is -2.18. The highest BCUT2D eigenvalue weighted by Gasteiger charge is 2.23. The Morgan fingerprint density at radius 2 is 1.83 bits per heavy atom. The molecule has 8 heteroatoms. The van der Waals surface area contributed by atoms with Gasteiger partial charge >= 0.3 is 5.97 Å². The van der Waals surface area contributed by atoms with Crippen molar-refractivity contribution in [1.29, 1.82) is 5.26 Å². The highest BCUT2D eigenvalue weighted by Crippen LogP contribution is 2.32. The number of rotatable bonds is 7. The highest BCUT2D eigenvalue weighted by atomic mass is 16.7. The second-order valence-electron chi connectivity index (χ2n) is 6.38. The van der Waals surface area contributed by atoms with Crippen molar-refractivity contribution in [3.63, 3.8) is 0 Å². The molecule has 1 N–H and O–H groups in total. The molecule has 0 fully saturated rings. The highest BCUT2D eigenvalue weighted by molar-refractivity contribution is 5.84. The van der Waals surface area contributed by atoms with Crippen LogP contribution in [-0.4, -0.2) is 30.9 Å². The standard InChI is InChI=1S/C21H20N2O6/c1-13(20(24)23-11-16-5-8-18-19(9-16)27-12-26-18)29-21(25)14(2)28-17-6-3-15(10-22)4-7-17/h3-9,13-14H,11-12H2,1-2H3,(H,23,24)/t13-,14+/m0/s1. The molecule has 1 aliphatic rings. The number of hydrogen-bond donors (Lipinski definition) is 1. The molecule has 1 aliphatic heterocycles. The Morgan fingerprint density at radius 1 is 1.10 bits per heavy atom. The molecule has 1 heterocycles. The van der Waals surface area contributed by atoms with Gasteiger partial charge in [-0.3, -0.25) is 4.79 Å². The first-order valence-electron chi connectivity index (χ1n) is 9.00. The fraction of sp³-hybridized carbons (Fsp3) is 0.286. The fourth-order valence-electron chi connectivity index (χ4n) is 2.57. The van der Waals surface area contributed by atoms with Crippen LogP contribution in [0, 0.1) is 11.3 Å². The molecule has 0 aliphatic carbocycles. The summed E-state index contributed by atoms with van der Waals surface area (Å²) in [6, 6.07) is 13.7. The summed E-state index contributed by atoms with van der Waals surface area (Å²) in [4.78, 5) is 24.4. The number of carbonyl (C=O) groups is 2. The maximum Gasteiger partial charge on any atom is 0.347 e. The van der Waals surface area contributed by atoms with Crippen LogP contribution in [0.4, 0.5) is 0 Å². The third kappa shape index (κ3) is 5.17. The van der Waals surface area contributed by atoms with Gasteiger partial charge in [0, 0.05) is 6.54 Å². The Labute approximate surface area is 167 Å². The normalized spacial score (nSPS) is 13.7. The zero-order chi connectivity index (χ0) is 20.8. The number of hydrogen-bond acceptors (Lipinski definition) is 7. The van der Waals surface area contributed by atoms with Gasteiger partial charge in [0.25, 0.3) is 5.91 Å². The van der Waals surface area contributed by atoms with Crippen LogP contribution < -0.4 is 19.5 Å². The number of amides is 1. The van der Waals surface area contributed by atoms with E-state index in [0.717, 1.165) is 5.56 Å². The number of nitrogens with one attached hydrogen (secondary N) is 1. The van der Waals surface area contributed by atoms with E-state index in [9.17, 15) is 9.59 Å². The second-order valence-corrected chi connectivity index (χ2v) is 6.38. The van der Waals surface area contributed by atoms with E-state index >= 15 is 0 Å². The lowest BCUT2D eigenvalue weighted by atomic mass is 10.2. The summed E-state index contributed by atoms with van der Waals surface area (Å²) >= 11 is 0. The van der Waals surface area contributed by atoms with Crippen LogP contribution >= 0.6 is 0 Å². The van der Waals surface area contributed by atoms with E-state index in [4.69, 9.17) is 24.2 Å². The van der Waals surface area contributed by atoms with Crippen molar-refractivity contribution in [3.8, 4) is 23.3 Å². The van der Waals surface area contributed by atoms with Crippen molar-refractivity contribution in [2.24, 2.45) is 0 Å². The molecule has 0 radical (unpaired) electrons. The molecule has 0 unspecified atom stereocenters. The van der Waals surface area contributed by atoms with Crippen molar-refractivity contribution in [2.45, 2.75) is 32.6 Å². The summed E-state index contributed by atoms with van der Waals surface area (Å²) in [5, 5.41) is 11.5. The minimum absolute atomic E-state index is 0.181. The Morgan fingerprint density at radius 3 is 2.55 bits per heavy atom. The summed E-state index contributed by atoms with van der Waals surface area (Å²) in [6.45, 7) is 3.45. The number of nitrogens with zero attached hydrogens (tertiary/aromatic N) is 1. The van der Waals surface area contributed by atoms with Crippen LogP contribution in [0.3, 0.4) is 0 Å². The predicted molar refractivity (Wildman–Crippen MR) is 101 cm³/mol. The van der Waals surface area contributed by atoms with E-state index in [1.54, 1.807) is 36.4 Å². The van der Waals surface area contributed by atoms with Crippen LogP contribution in [-0.2, 0) is 20.9 Å². The van der Waals surface area contributed by atoms with Crippen molar-refractivity contribution < 1.29 is 28.5 Å². The zero-order valence-electron chi connectivity index (χ0n) is 16.0. The molecule has 8 nitrogen and oxygen atoms in total. The summed E-state index contributed by atoms with van der Waals surface area (Å²) in [5.74, 6) is 0.624. The second kappa shape index (κ2) is 8.97. The monoisotopic (exact) mass is 396 g/mol. The van der Waals surface area contributed by atoms with Gasteiger partial charge in [0.05, 0.1) is 11.6 Å². The van der Waals surface area contributed by atoms with Crippen LogP contribution in [0.1, 0.15) is 25.0 Å². The lowest BCUT2D eigenvalue weighted by molar-refractivity contribution is -0.160. The summed E-state index contributed by atoms with van der Waals surface area (Å²) < 4.78 is 21.2. The molecule has 150 valence electrons. The number of esters is 1. The van der Waals surface area contributed by atoms with E-state index in [2.05, 4.69) is 5.32 Å². The first-order chi connectivity index (χ1) is 14.0. The van der Waals surface area contributed by atoms with Crippen molar-refractivity contribution in [2.75, 3.05) is 6.79 Å². The maximum absolute atomic E-state index is 12.2. The Balaban J connectivity index is 1.46. The average molecular weight is 396 g/mol. The van der Waals surface area contributed by atoms with Gasteiger partial charge in [-0.2, -0.15) is 5.26 Å². The first-order valence-corrected chi connectivity index (χ1v) is 9.00. The molecule has 2 atom stereocenters. The van der Waals surface area contributed by atoms with Gasteiger partial charge in [0.1, 0.15) is 5.75 Å². The molecule has 0 saturated heterocycles. The van der Waals surface area contributed by atoms with Crippen LogP contribution in [0.5, 0.6) is 17.2 Å². The predicted octanol–water partition coefficient (Wildman–Crippen LogP) is 2.30. The minimum atomic E-state index is -0.983. The third-order valence-corrected chi connectivity index (χ3v) is 4.19. The fourth-order valence-corrected chi connectivity index (χ4v) is 2.57. The SMILES string of the molecule is C[C@H](OC(=O)[C@@H](C)Oc1ccc(C#N)cc1)C(=O)NCc1ccc2c(c1)OCO2. The van der Waals surface area contributed by atoms with E-state index in [1.165, 1.54) is 13.8 Å². The minimum Gasteiger partial charge on any atom is -0.479 e. The van der Waals surface area contributed by atoms with Gasteiger partial charge in [-0.1, -0.05) is 6.07 Å². The molecule has 2 aromatic rings. The van der Waals surface area contributed by atoms with Gasteiger partial charge in [-0.05, 0) is 55.8 Å². The third-order valence-electron chi connectivity index (χ3n) is 4.19. The van der Waals surface area contributed by atoms with E-state index in [1.807, 2.05) is 12.1 Å². The van der Waals surface area contributed by atoms with Crippen LogP contribution in [0.15, 0.2) is 42.5 Å². The number of nitriles is 1. The first kappa shape index (κ1) is 20.0. The summed E-state index contributed by atoms with van der Waals surface area (Å²) in [7, 11) is 0. The number of benzene rings is 2. The average Bonchev–Trinajstić information content (AvgIpc) is 3.20. The van der Waals surface area contributed by atoms with Crippen LogP contribution in [0.25, 0.3) is 0 Å². The van der Waals surface area contributed by atoms with Crippen LogP contribution in [0.2, 0.25) is 0 Å². The maximum atomic E-state index is 12.2. The summed E-state index contributed by atoms with van der Waals surface area (Å²) in [6.07, 6.45) is -1.89. The molecule has 29 heavy (non-hydrogen) atoms. The molecular formula is C21H20N2O6. The Hall–Kier alpha value is -3.73. The van der Waals surface area contributed by atoms with Gasteiger partial charge in [0.2, 0.25) is 6.79 Å². The smallest absolute Gasteiger partial charge is 0.347 e. The molecule has 0 saturated carbocycles. The summed E-state index contributed by atoms with van der Waals surface area (Å²) in [5.41, 5.74) is 1.32. The molecule has 1 amide bonds. The molecule has 0 spiro atoms.